The first-order chi connectivity index (χ1) is 3.56. The fourth-order valence-corrected chi connectivity index (χ4v) is 1.42. The van der Waals surface area contributed by atoms with Crippen LogP contribution < -0.4 is 0 Å². The van der Waals surface area contributed by atoms with Crippen molar-refractivity contribution in [1.82, 2.24) is 0 Å². The highest BCUT2D eigenvalue weighted by molar-refractivity contribution is 7.57. The highest BCUT2D eigenvalue weighted by atomic mass is 35.5. The lowest BCUT2D eigenvalue weighted by molar-refractivity contribution is 0.484. The van der Waals surface area contributed by atoms with Crippen molar-refractivity contribution in [2.75, 3.05) is 18.7 Å². The molecule has 1 unspecified atom stereocenters. The van der Waals surface area contributed by atoms with E-state index in [2.05, 4.69) is 0 Å². The number of hydrogen-bond donors (Lipinski definition) is 1. The third kappa shape index (κ3) is 6.48. The van der Waals surface area contributed by atoms with Gasteiger partial charge in [-0.25, -0.2) is 0 Å². The van der Waals surface area contributed by atoms with Gasteiger partial charge in [0, 0.05) is 18.7 Å². The van der Waals surface area contributed by atoms with Gasteiger partial charge in [0.25, 0.3) is 0 Å². The molecule has 0 aliphatic heterocycles. The van der Waals surface area contributed by atoms with Gasteiger partial charge in [-0.1, -0.05) is 0 Å². The molecule has 0 amide bonds. The van der Waals surface area contributed by atoms with Crippen LogP contribution in [0.15, 0.2) is 0 Å². The summed E-state index contributed by atoms with van der Waals surface area (Å²) in [4.78, 5) is 8.65. The maximum atomic E-state index is 10.5. The van der Waals surface area contributed by atoms with E-state index in [0.717, 1.165) is 0 Å². The summed E-state index contributed by atoms with van der Waals surface area (Å²) in [7, 11) is -2.77. The topological polar surface area (TPSA) is 37.3 Å². The Morgan fingerprint density at radius 3 is 2.38 bits per heavy atom. The van der Waals surface area contributed by atoms with E-state index in [4.69, 9.17) is 16.5 Å². The molecule has 2 nitrogen and oxygen atoms in total. The standard InChI is InChI=1S/C4H10ClO2P/c1-8(6,7)4-2-3-5/h2-4H2,1H3,(H,6,7). The number of hydrogen-bond acceptors (Lipinski definition) is 1. The first-order valence-corrected chi connectivity index (χ1v) is 5.24. The minimum Gasteiger partial charge on any atom is -0.344 e. The second-order valence-electron chi connectivity index (χ2n) is 1.82. The summed E-state index contributed by atoms with van der Waals surface area (Å²) in [5, 5.41) is 0. The average Bonchev–Trinajstić information content (AvgIpc) is 1.59. The van der Waals surface area contributed by atoms with Gasteiger partial charge in [-0.2, -0.15) is 0 Å². The van der Waals surface area contributed by atoms with Gasteiger partial charge in [-0.3, -0.25) is 4.57 Å². The summed E-state index contributed by atoms with van der Waals surface area (Å²) in [6.45, 7) is 1.35. The van der Waals surface area contributed by atoms with E-state index in [1.54, 1.807) is 0 Å². The summed E-state index contributed by atoms with van der Waals surface area (Å²) in [6, 6.07) is 0. The van der Waals surface area contributed by atoms with Gasteiger partial charge in [-0.05, 0) is 6.42 Å². The second-order valence-corrected chi connectivity index (χ2v) is 4.74. The Bertz CT molecular complexity index is 98.2. The van der Waals surface area contributed by atoms with Gasteiger partial charge in [0.2, 0.25) is 0 Å². The molecular weight excluding hydrogens is 146 g/mol. The first kappa shape index (κ1) is 8.48. The van der Waals surface area contributed by atoms with Gasteiger partial charge in [-0.15, -0.1) is 11.6 Å². The van der Waals surface area contributed by atoms with E-state index in [1.807, 2.05) is 0 Å². The van der Waals surface area contributed by atoms with Crippen molar-refractivity contribution in [3.63, 3.8) is 0 Å². The molecule has 0 radical (unpaired) electrons. The Morgan fingerprint density at radius 2 is 2.25 bits per heavy atom. The SMILES string of the molecule is CP(=O)(O)CCCCl. The minimum absolute atomic E-state index is 0.344. The molecule has 1 N–H and O–H groups in total. The molecule has 1 atom stereocenters. The molecule has 50 valence electrons. The van der Waals surface area contributed by atoms with Crippen LogP contribution in [0.3, 0.4) is 0 Å². The van der Waals surface area contributed by atoms with Gasteiger partial charge in [0.15, 0.2) is 7.37 Å². The van der Waals surface area contributed by atoms with Crippen LogP contribution in [-0.2, 0) is 4.57 Å². The van der Waals surface area contributed by atoms with Crippen molar-refractivity contribution in [3.05, 3.63) is 0 Å². The summed E-state index contributed by atoms with van der Waals surface area (Å²) in [5.74, 6) is 0.471. The summed E-state index contributed by atoms with van der Waals surface area (Å²) in [5.41, 5.74) is 0. The quantitative estimate of drug-likeness (QED) is 0.497. The smallest absolute Gasteiger partial charge is 0.197 e. The Kier molecular flexibility index (Phi) is 3.70. The lowest BCUT2D eigenvalue weighted by Crippen LogP contribution is -1.86. The van der Waals surface area contributed by atoms with E-state index in [1.165, 1.54) is 6.66 Å². The van der Waals surface area contributed by atoms with Crippen LogP contribution in [0.2, 0.25) is 0 Å². The minimum atomic E-state index is -2.77. The molecule has 0 aromatic rings. The molecule has 0 fully saturated rings. The Morgan fingerprint density at radius 1 is 1.75 bits per heavy atom. The van der Waals surface area contributed by atoms with E-state index in [9.17, 15) is 4.57 Å². The predicted octanol–water partition coefficient (Wildman–Crippen LogP) is 1.52. The third-order valence-electron chi connectivity index (χ3n) is 0.707. The van der Waals surface area contributed by atoms with Crippen molar-refractivity contribution >= 4 is 19.0 Å². The largest absolute Gasteiger partial charge is 0.344 e. The van der Waals surface area contributed by atoms with E-state index < -0.39 is 7.37 Å². The maximum Gasteiger partial charge on any atom is 0.197 e. The van der Waals surface area contributed by atoms with Crippen molar-refractivity contribution in [2.45, 2.75) is 6.42 Å². The van der Waals surface area contributed by atoms with Crippen LogP contribution in [0.25, 0.3) is 0 Å². The van der Waals surface area contributed by atoms with Crippen LogP contribution in [0.1, 0.15) is 6.42 Å². The molecule has 0 bridgehead atoms. The molecule has 0 aromatic heterocycles. The lowest BCUT2D eigenvalue weighted by atomic mass is 10.6. The summed E-state index contributed by atoms with van der Waals surface area (Å²) < 4.78 is 10.5. The van der Waals surface area contributed by atoms with Gasteiger partial charge < -0.3 is 4.89 Å². The van der Waals surface area contributed by atoms with Crippen molar-refractivity contribution < 1.29 is 9.46 Å². The molecule has 4 heteroatoms. The molecule has 0 heterocycles. The predicted molar refractivity (Wildman–Crippen MR) is 36.0 cm³/mol. The highest BCUT2D eigenvalue weighted by Gasteiger charge is 2.06. The number of alkyl halides is 1. The first-order valence-electron chi connectivity index (χ1n) is 2.41. The monoisotopic (exact) mass is 156 g/mol. The lowest BCUT2D eigenvalue weighted by Gasteiger charge is -2.00. The summed E-state index contributed by atoms with van der Waals surface area (Å²) >= 11 is 5.28. The van der Waals surface area contributed by atoms with Crippen LogP contribution in [-0.4, -0.2) is 23.6 Å². The Balaban J connectivity index is 3.26. The van der Waals surface area contributed by atoms with Crippen LogP contribution >= 0.6 is 19.0 Å². The van der Waals surface area contributed by atoms with Crippen molar-refractivity contribution in [2.24, 2.45) is 0 Å². The van der Waals surface area contributed by atoms with Gasteiger partial charge in [0.1, 0.15) is 0 Å². The number of halogens is 1. The normalized spacial score (nSPS) is 17.9. The van der Waals surface area contributed by atoms with Gasteiger partial charge >= 0.3 is 0 Å². The highest BCUT2D eigenvalue weighted by Crippen LogP contribution is 2.35. The second kappa shape index (κ2) is 3.49. The molecule has 0 saturated carbocycles. The maximum absolute atomic E-state index is 10.5. The molecule has 0 saturated heterocycles. The number of rotatable bonds is 3. The van der Waals surface area contributed by atoms with E-state index >= 15 is 0 Å². The van der Waals surface area contributed by atoms with Crippen molar-refractivity contribution in [3.8, 4) is 0 Å². The fraction of sp³-hybridized carbons (Fsp3) is 1.00. The zero-order chi connectivity index (χ0) is 6.62. The van der Waals surface area contributed by atoms with Crippen LogP contribution in [0.4, 0.5) is 0 Å². The Hall–Kier alpha value is 0.480. The molecule has 0 aliphatic carbocycles. The van der Waals surface area contributed by atoms with E-state index in [-0.39, 0.29) is 0 Å². The van der Waals surface area contributed by atoms with Crippen LogP contribution in [0.5, 0.6) is 0 Å². The van der Waals surface area contributed by atoms with E-state index in [0.29, 0.717) is 18.5 Å². The average molecular weight is 157 g/mol. The van der Waals surface area contributed by atoms with Gasteiger partial charge in [0.05, 0.1) is 0 Å². The fourth-order valence-electron chi connectivity index (χ4n) is 0.353. The zero-order valence-corrected chi connectivity index (χ0v) is 6.45. The molecular formula is C4H10ClO2P. The molecule has 8 heavy (non-hydrogen) atoms. The molecule has 0 rings (SSSR count). The van der Waals surface area contributed by atoms with Crippen molar-refractivity contribution in [1.29, 1.82) is 0 Å². The zero-order valence-electron chi connectivity index (χ0n) is 4.80. The Labute approximate surface area is 54.3 Å². The van der Waals surface area contributed by atoms with Crippen LogP contribution in [0, 0.1) is 0 Å². The molecule has 0 aliphatic rings. The molecule has 0 aromatic carbocycles. The third-order valence-corrected chi connectivity index (χ3v) is 2.12. The molecule has 0 spiro atoms. The summed E-state index contributed by atoms with van der Waals surface area (Å²) in [6.07, 6.45) is 0.975.